The van der Waals surface area contributed by atoms with Crippen molar-refractivity contribution in [3.8, 4) is 11.5 Å². The highest BCUT2D eigenvalue weighted by atomic mass is 19.4. The molecule has 6 nitrogen and oxygen atoms in total. The first-order chi connectivity index (χ1) is 14.8. The summed E-state index contributed by atoms with van der Waals surface area (Å²) in [5.41, 5.74) is 0.610. The molecule has 1 amide bonds. The van der Waals surface area contributed by atoms with Gasteiger partial charge in [-0.1, -0.05) is 0 Å². The Kier molecular flexibility index (Phi) is 5.86. The molecule has 1 saturated carbocycles. The van der Waals surface area contributed by atoms with E-state index in [0.29, 0.717) is 29.6 Å². The summed E-state index contributed by atoms with van der Waals surface area (Å²) in [6.07, 6.45) is -0.244. The Morgan fingerprint density at radius 1 is 1.10 bits per heavy atom. The fourth-order valence-electron chi connectivity index (χ4n) is 3.72. The van der Waals surface area contributed by atoms with E-state index < -0.39 is 11.7 Å². The highest BCUT2D eigenvalue weighted by Gasteiger charge is 2.30. The maximum atomic E-state index is 12.7. The predicted molar refractivity (Wildman–Crippen MR) is 108 cm³/mol. The fourth-order valence-corrected chi connectivity index (χ4v) is 3.72. The van der Waals surface area contributed by atoms with E-state index in [-0.39, 0.29) is 30.3 Å². The van der Waals surface area contributed by atoms with Gasteiger partial charge in [-0.15, -0.1) is 0 Å². The van der Waals surface area contributed by atoms with E-state index in [1.807, 2.05) is 0 Å². The van der Waals surface area contributed by atoms with Crippen molar-refractivity contribution in [1.82, 2.24) is 14.9 Å². The summed E-state index contributed by atoms with van der Waals surface area (Å²) < 4.78 is 45.5. The molecule has 9 heteroatoms. The molecule has 0 aliphatic heterocycles. The number of carbonyl (C=O) groups is 1. The summed E-state index contributed by atoms with van der Waals surface area (Å²) >= 11 is 0. The van der Waals surface area contributed by atoms with Gasteiger partial charge in [0.05, 0.1) is 29.0 Å². The number of nitrogens with zero attached hydrogens (tertiary/aromatic N) is 2. The van der Waals surface area contributed by atoms with Crippen LogP contribution in [-0.4, -0.2) is 32.7 Å². The minimum Gasteiger partial charge on any atom is -0.457 e. The number of halogens is 3. The lowest BCUT2D eigenvalue weighted by molar-refractivity contribution is -0.137. The topological polar surface area (TPSA) is 76.4 Å². The average Bonchev–Trinajstić information content (AvgIpc) is 3.11. The quantitative estimate of drug-likeness (QED) is 0.630. The van der Waals surface area contributed by atoms with Crippen molar-refractivity contribution in [2.75, 3.05) is 0 Å². The second kappa shape index (κ2) is 8.58. The largest absolute Gasteiger partial charge is 0.457 e. The van der Waals surface area contributed by atoms with Crippen molar-refractivity contribution < 1.29 is 27.8 Å². The van der Waals surface area contributed by atoms with Gasteiger partial charge >= 0.3 is 6.18 Å². The van der Waals surface area contributed by atoms with E-state index >= 15 is 0 Å². The number of fused-ring (bicyclic) bond motifs is 1. The van der Waals surface area contributed by atoms with Gasteiger partial charge in [0.1, 0.15) is 18.0 Å². The third kappa shape index (κ3) is 5.16. The van der Waals surface area contributed by atoms with Gasteiger partial charge in [-0.05, 0) is 62.1 Å². The molecule has 164 valence electrons. The predicted octanol–water partition coefficient (Wildman–Crippen LogP) is 4.27. The number of imidazole rings is 1. The first-order valence-electron chi connectivity index (χ1n) is 10.1. The van der Waals surface area contributed by atoms with E-state index in [1.54, 1.807) is 29.1 Å². The second-order valence-corrected chi connectivity index (χ2v) is 7.72. The summed E-state index contributed by atoms with van der Waals surface area (Å²) in [5, 5.41) is 12.6. The normalized spacial score (nSPS) is 19.4. The molecule has 3 aromatic rings. The first kappa shape index (κ1) is 21.2. The van der Waals surface area contributed by atoms with Crippen molar-refractivity contribution in [1.29, 1.82) is 0 Å². The molecule has 1 heterocycles. The molecular formula is C22H22F3N3O3. The van der Waals surface area contributed by atoms with Crippen LogP contribution in [0, 0.1) is 0 Å². The third-order valence-electron chi connectivity index (χ3n) is 5.39. The van der Waals surface area contributed by atoms with Gasteiger partial charge in [0, 0.05) is 12.1 Å². The van der Waals surface area contributed by atoms with Crippen LogP contribution in [0.15, 0.2) is 48.8 Å². The summed E-state index contributed by atoms with van der Waals surface area (Å²) in [6, 6.07) is 9.61. The maximum absolute atomic E-state index is 12.7. The molecule has 0 radical (unpaired) electrons. The Bertz CT molecular complexity index is 1060. The van der Waals surface area contributed by atoms with Crippen LogP contribution in [0.4, 0.5) is 13.2 Å². The Hall–Kier alpha value is -3.07. The molecule has 1 aliphatic rings. The summed E-state index contributed by atoms with van der Waals surface area (Å²) in [5.74, 6) is 0.557. The van der Waals surface area contributed by atoms with Crippen LogP contribution < -0.4 is 10.1 Å². The zero-order valence-electron chi connectivity index (χ0n) is 16.6. The molecule has 1 aromatic heterocycles. The Balaban J connectivity index is 1.44. The van der Waals surface area contributed by atoms with E-state index in [1.165, 1.54) is 12.1 Å². The molecule has 1 aliphatic carbocycles. The summed E-state index contributed by atoms with van der Waals surface area (Å²) in [7, 11) is 0. The molecule has 1 fully saturated rings. The van der Waals surface area contributed by atoms with Gasteiger partial charge in [-0.2, -0.15) is 13.2 Å². The molecule has 2 N–H and O–H groups in total. The van der Waals surface area contributed by atoms with Crippen LogP contribution in [0.2, 0.25) is 0 Å². The summed E-state index contributed by atoms with van der Waals surface area (Å²) in [4.78, 5) is 16.7. The number of alkyl halides is 3. The Morgan fingerprint density at radius 3 is 2.45 bits per heavy atom. The van der Waals surface area contributed by atoms with Crippen molar-refractivity contribution in [3.63, 3.8) is 0 Å². The molecule has 0 saturated heterocycles. The van der Waals surface area contributed by atoms with Crippen molar-refractivity contribution in [3.05, 3.63) is 54.4 Å². The van der Waals surface area contributed by atoms with Crippen molar-refractivity contribution >= 4 is 16.9 Å². The van der Waals surface area contributed by atoms with Gasteiger partial charge in [0.2, 0.25) is 5.91 Å². The lowest BCUT2D eigenvalue weighted by Crippen LogP contribution is -2.40. The van der Waals surface area contributed by atoms with Crippen LogP contribution in [-0.2, 0) is 17.5 Å². The number of rotatable bonds is 5. The summed E-state index contributed by atoms with van der Waals surface area (Å²) in [6.45, 7) is 0.0826. The molecule has 0 bridgehead atoms. The number of nitrogens with one attached hydrogen (secondary N) is 1. The number of aliphatic hydroxyl groups is 1. The number of amides is 1. The van der Waals surface area contributed by atoms with Crippen LogP contribution in [0.3, 0.4) is 0 Å². The third-order valence-corrected chi connectivity index (χ3v) is 5.39. The van der Waals surface area contributed by atoms with Crippen LogP contribution >= 0.6 is 0 Å². The van der Waals surface area contributed by atoms with Gasteiger partial charge in [0.25, 0.3) is 0 Å². The number of aliphatic hydroxyl groups excluding tert-OH is 1. The number of aromatic nitrogens is 2. The van der Waals surface area contributed by atoms with Crippen LogP contribution in [0.1, 0.15) is 31.2 Å². The molecule has 31 heavy (non-hydrogen) atoms. The minimum absolute atomic E-state index is 0.0595. The molecule has 0 unspecified atom stereocenters. The maximum Gasteiger partial charge on any atom is 0.416 e. The molecule has 0 spiro atoms. The Morgan fingerprint density at radius 2 is 1.77 bits per heavy atom. The zero-order chi connectivity index (χ0) is 22.0. The number of hydrogen-bond acceptors (Lipinski definition) is 4. The van der Waals surface area contributed by atoms with Crippen LogP contribution in [0.25, 0.3) is 11.0 Å². The van der Waals surface area contributed by atoms with Gasteiger partial charge in [0.15, 0.2) is 0 Å². The van der Waals surface area contributed by atoms with E-state index in [2.05, 4.69) is 10.3 Å². The average molecular weight is 433 g/mol. The minimum atomic E-state index is -4.40. The van der Waals surface area contributed by atoms with Gasteiger partial charge in [-0.3, -0.25) is 4.79 Å². The number of carbonyl (C=O) groups excluding carboxylic acids is 1. The lowest BCUT2D eigenvalue weighted by Gasteiger charge is -2.26. The number of ether oxygens (including phenoxy) is 1. The smallest absolute Gasteiger partial charge is 0.416 e. The Labute approximate surface area is 176 Å². The molecule has 4 rings (SSSR count). The highest BCUT2D eigenvalue weighted by Crippen LogP contribution is 2.32. The number of benzene rings is 2. The first-order valence-corrected chi connectivity index (χ1v) is 10.1. The molecule has 2 aromatic carbocycles. The lowest BCUT2D eigenvalue weighted by atomic mass is 9.93. The highest BCUT2D eigenvalue weighted by molar-refractivity contribution is 5.81. The van der Waals surface area contributed by atoms with E-state index in [9.17, 15) is 23.1 Å². The van der Waals surface area contributed by atoms with Crippen LogP contribution in [0.5, 0.6) is 11.5 Å². The monoisotopic (exact) mass is 433 g/mol. The van der Waals surface area contributed by atoms with Gasteiger partial charge in [-0.25, -0.2) is 4.98 Å². The van der Waals surface area contributed by atoms with Gasteiger partial charge < -0.3 is 19.7 Å². The van der Waals surface area contributed by atoms with E-state index in [0.717, 1.165) is 25.0 Å². The molecule has 0 atom stereocenters. The second-order valence-electron chi connectivity index (χ2n) is 7.72. The van der Waals surface area contributed by atoms with E-state index in [4.69, 9.17) is 4.74 Å². The fraction of sp³-hybridized carbons (Fsp3) is 0.364. The zero-order valence-corrected chi connectivity index (χ0v) is 16.6. The molecular weight excluding hydrogens is 411 g/mol. The van der Waals surface area contributed by atoms with Crippen molar-refractivity contribution in [2.45, 2.75) is 50.6 Å². The number of hydrogen-bond donors (Lipinski definition) is 2. The standard InChI is InChI=1S/C22H22F3N3O3/c23-22(24,25)14-1-7-17(8-2-14)31-18-9-10-19-20(11-18)28(13-26-19)12-21(30)27-15-3-5-16(29)6-4-15/h1-2,7-11,13,15-16,29H,3-6,12H2,(H,27,30). The van der Waals surface area contributed by atoms with Crippen molar-refractivity contribution in [2.24, 2.45) is 0 Å². The SMILES string of the molecule is O=C(Cn1cnc2ccc(Oc3ccc(C(F)(F)F)cc3)cc21)NC1CCC(O)CC1.